The first kappa shape index (κ1) is 15.4. The van der Waals surface area contributed by atoms with Crippen molar-refractivity contribution in [2.24, 2.45) is 0 Å². The Morgan fingerprint density at radius 1 is 1.30 bits per heavy atom. The van der Waals surface area contributed by atoms with Crippen LogP contribution >= 0.6 is 34.5 Å². The number of hydrogen-bond donors (Lipinski definition) is 2. The lowest BCUT2D eigenvalue weighted by Gasteiger charge is -2.16. The molecule has 2 aromatic rings. The highest BCUT2D eigenvalue weighted by molar-refractivity contribution is 7.07. The first-order valence-corrected chi connectivity index (χ1v) is 8.17. The molecule has 0 bridgehead atoms. The molecule has 0 spiro atoms. The van der Waals surface area contributed by atoms with Crippen molar-refractivity contribution < 1.29 is 0 Å². The van der Waals surface area contributed by atoms with Crippen LogP contribution in [0.3, 0.4) is 0 Å². The Bertz CT molecular complexity index is 558. The first-order valence-electron chi connectivity index (χ1n) is 6.47. The van der Waals surface area contributed by atoms with Crippen LogP contribution in [-0.4, -0.2) is 17.6 Å². The second-order valence-electron chi connectivity index (χ2n) is 4.56. The summed E-state index contributed by atoms with van der Waals surface area (Å²) in [6, 6.07) is 4.09. The summed E-state index contributed by atoms with van der Waals surface area (Å²) in [6.45, 7) is 4.87. The monoisotopic (exact) mass is 329 g/mol. The van der Waals surface area contributed by atoms with Gasteiger partial charge in [-0.1, -0.05) is 23.2 Å². The summed E-state index contributed by atoms with van der Waals surface area (Å²) in [5, 5.41) is 11.8. The van der Waals surface area contributed by atoms with Gasteiger partial charge in [0.05, 0.1) is 10.0 Å². The minimum absolute atomic E-state index is 0.241. The van der Waals surface area contributed by atoms with Gasteiger partial charge in [-0.25, -0.2) is 4.98 Å². The lowest BCUT2D eigenvalue weighted by Crippen LogP contribution is -2.19. The van der Waals surface area contributed by atoms with Crippen LogP contribution in [0.5, 0.6) is 0 Å². The maximum atomic E-state index is 6.19. The third-order valence-corrected chi connectivity index (χ3v) is 4.09. The fourth-order valence-corrected chi connectivity index (χ4v) is 3.07. The largest absolute Gasteiger partial charge is 0.369 e. The van der Waals surface area contributed by atoms with Gasteiger partial charge < -0.3 is 10.6 Å². The summed E-state index contributed by atoms with van der Waals surface area (Å²) < 4.78 is 0. The molecule has 108 valence electrons. The normalized spacial score (nSPS) is 12.2. The highest BCUT2D eigenvalue weighted by Gasteiger charge is 2.11. The number of aromatic nitrogens is 1. The Morgan fingerprint density at radius 2 is 2.05 bits per heavy atom. The van der Waals surface area contributed by atoms with E-state index in [1.807, 2.05) is 6.92 Å². The molecule has 0 aromatic carbocycles. The SMILES string of the molecule is CCNc1nc(NC(C)Cc2ccsc2)c(Cl)cc1Cl. The van der Waals surface area contributed by atoms with Gasteiger partial charge in [-0.2, -0.15) is 11.3 Å². The molecule has 0 saturated heterocycles. The average Bonchev–Trinajstić information content (AvgIpc) is 2.88. The fourth-order valence-electron chi connectivity index (χ4n) is 1.91. The van der Waals surface area contributed by atoms with E-state index in [4.69, 9.17) is 23.2 Å². The van der Waals surface area contributed by atoms with Crippen molar-refractivity contribution in [3.8, 4) is 0 Å². The molecule has 1 unspecified atom stereocenters. The van der Waals surface area contributed by atoms with Crippen LogP contribution in [0.25, 0.3) is 0 Å². The number of hydrogen-bond acceptors (Lipinski definition) is 4. The van der Waals surface area contributed by atoms with Gasteiger partial charge >= 0.3 is 0 Å². The van der Waals surface area contributed by atoms with Crippen LogP contribution in [0.15, 0.2) is 22.9 Å². The average molecular weight is 330 g/mol. The zero-order chi connectivity index (χ0) is 14.5. The van der Waals surface area contributed by atoms with Gasteiger partial charge in [-0.3, -0.25) is 0 Å². The molecule has 1 atom stereocenters. The molecule has 2 N–H and O–H groups in total. The van der Waals surface area contributed by atoms with E-state index in [2.05, 4.69) is 39.4 Å². The number of anilines is 2. The van der Waals surface area contributed by atoms with Crippen molar-refractivity contribution in [3.63, 3.8) is 0 Å². The van der Waals surface area contributed by atoms with Gasteiger partial charge in [0.25, 0.3) is 0 Å². The lowest BCUT2D eigenvalue weighted by atomic mass is 10.1. The number of thiophene rings is 1. The highest BCUT2D eigenvalue weighted by Crippen LogP contribution is 2.29. The Labute approximate surface area is 133 Å². The van der Waals surface area contributed by atoms with Gasteiger partial charge in [0.2, 0.25) is 0 Å². The summed E-state index contributed by atoms with van der Waals surface area (Å²) in [5.41, 5.74) is 1.31. The summed E-state index contributed by atoms with van der Waals surface area (Å²) in [4.78, 5) is 4.45. The molecule has 2 rings (SSSR count). The maximum absolute atomic E-state index is 6.19. The zero-order valence-electron chi connectivity index (χ0n) is 11.4. The number of pyridine rings is 1. The number of nitrogens with zero attached hydrogens (tertiary/aromatic N) is 1. The van der Waals surface area contributed by atoms with Crippen LogP contribution in [0.4, 0.5) is 11.6 Å². The molecule has 0 saturated carbocycles. The van der Waals surface area contributed by atoms with E-state index in [1.165, 1.54) is 5.56 Å². The summed E-state index contributed by atoms with van der Waals surface area (Å²) in [6.07, 6.45) is 0.931. The minimum atomic E-state index is 0.241. The molecular weight excluding hydrogens is 313 g/mol. The Hall–Kier alpha value is -0.970. The van der Waals surface area contributed by atoms with Crippen LogP contribution in [0.1, 0.15) is 19.4 Å². The zero-order valence-corrected chi connectivity index (χ0v) is 13.7. The second-order valence-corrected chi connectivity index (χ2v) is 6.16. The van der Waals surface area contributed by atoms with Crippen molar-refractivity contribution >= 4 is 46.2 Å². The smallest absolute Gasteiger partial charge is 0.147 e. The van der Waals surface area contributed by atoms with Crippen molar-refractivity contribution in [2.45, 2.75) is 26.3 Å². The van der Waals surface area contributed by atoms with Crippen molar-refractivity contribution in [2.75, 3.05) is 17.2 Å². The van der Waals surface area contributed by atoms with Gasteiger partial charge in [0.15, 0.2) is 0 Å². The summed E-state index contributed by atoms with van der Waals surface area (Å²) >= 11 is 14.0. The van der Waals surface area contributed by atoms with Crippen molar-refractivity contribution in [3.05, 3.63) is 38.5 Å². The van der Waals surface area contributed by atoms with Crippen molar-refractivity contribution in [1.82, 2.24) is 4.98 Å². The first-order chi connectivity index (χ1) is 9.60. The third kappa shape index (κ3) is 4.01. The number of halogens is 2. The molecular formula is C14H17Cl2N3S. The van der Waals surface area contributed by atoms with E-state index in [9.17, 15) is 0 Å². The van der Waals surface area contributed by atoms with Crippen LogP contribution in [0, 0.1) is 0 Å². The molecule has 2 heterocycles. The second kappa shape index (κ2) is 7.16. The number of rotatable bonds is 6. The molecule has 20 heavy (non-hydrogen) atoms. The van der Waals surface area contributed by atoms with E-state index in [0.717, 1.165) is 13.0 Å². The molecule has 0 aliphatic carbocycles. The molecule has 0 radical (unpaired) electrons. The minimum Gasteiger partial charge on any atom is -0.369 e. The standard InChI is InChI=1S/C14H17Cl2N3S/c1-3-17-13-11(15)7-12(16)14(19-13)18-9(2)6-10-4-5-20-8-10/h4-5,7-9H,3,6H2,1-2H3,(H2,17,18,19). The predicted octanol–water partition coefficient (Wildman–Crippen LogP) is 4.92. The van der Waals surface area contributed by atoms with Gasteiger partial charge in [-0.05, 0) is 48.7 Å². The molecule has 0 aliphatic rings. The highest BCUT2D eigenvalue weighted by atomic mass is 35.5. The van der Waals surface area contributed by atoms with Crippen molar-refractivity contribution in [1.29, 1.82) is 0 Å². The van der Waals surface area contributed by atoms with E-state index in [1.54, 1.807) is 17.4 Å². The Balaban J connectivity index is 2.09. The predicted molar refractivity (Wildman–Crippen MR) is 89.5 cm³/mol. The topological polar surface area (TPSA) is 37.0 Å². The van der Waals surface area contributed by atoms with Crippen LogP contribution in [0.2, 0.25) is 10.0 Å². The molecule has 6 heteroatoms. The molecule has 0 aliphatic heterocycles. The maximum Gasteiger partial charge on any atom is 0.147 e. The molecule has 2 aromatic heterocycles. The van der Waals surface area contributed by atoms with Gasteiger partial charge in [0, 0.05) is 12.6 Å². The quantitative estimate of drug-likeness (QED) is 0.789. The van der Waals surface area contributed by atoms with E-state index >= 15 is 0 Å². The summed E-state index contributed by atoms with van der Waals surface area (Å²) in [7, 11) is 0. The summed E-state index contributed by atoms with van der Waals surface area (Å²) in [5.74, 6) is 1.32. The lowest BCUT2D eigenvalue weighted by molar-refractivity contribution is 0.787. The third-order valence-electron chi connectivity index (χ3n) is 2.78. The van der Waals surface area contributed by atoms with Crippen LogP contribution in [-0.2, 0) is 6.42 Å². The van der Waals surface area contributed by atoms with E-state index < -0.39 is 0 Å². The fraction of sp³-hybridized carbons (Fsp3) is 0.357. The van der Waals surface area contributed by atoms with Gasteiger partial charge in [-0.15, -0.1) is 0 Å². The molecule has 0 fully saturated rings. The number of nitrogens with one attached hydrogen (secondary N) is 2. The molecule has 0 amide bonds. The molecule has 3 nitrogen and oxygen atoms in total. The Kier molecular flexibility index (Phi) is 5.52. The Morgan fingerprint density at radius 3 is 2.70 bits per heavy atom. The van der Waals surface area contributed by atoms with E-state index in [-0.39, 0.29) is 6.04 Å². The van der Waals surface area contributed by atoms with Crippen LogP contribution < -0.4 is 10.6 Å². The van der Waals surface area contributed by atoms with Gasteiger partial charge in [0.1, 0.15) is 11.6 Å². The van der Waals surface area contributed by atoms with E-state index in [0.29, 0.717) is 21.7 Å².